The molecule has 0 aliphatic rings. The number of hydrogen-bond donors (Lipinski definition) is 0. The molecule has 0 aromatic heterocycles. The molecule has 0 spiro atoms. The summed E-state index contributed by atoms with van der Waals surface area (Å²) in [4.78, 5) is 27.3. The van der Waals surface area contributed by atoms with Gasteiger partial charge in [0, 0.05) is 25.0 Å². The molecule has 2 aromatic rings. The van der Waals surface area contributed by atoms with E-state index in [1.165, 1.54) is 13.8 Å². The molecule has 0 bridgehead atoms. The van der Waals surface area contributed by atoms with Gasteiger partial charge in [0.05, 0.1) is 0 Å². The molecule has 0 aliphatic heterocycles. The predicted molar refractivity (Wildman–Crippen MR) is 86.3 cm³/mol. The summed E-state index contributed by atoms with van der Waals surface area (Å²) in [5, 5.41) is 3.95. The van der Waals surface area contributed by atoms with E-state index in [2.05, 4.69) is 5.16 Å². The summed E-state index contributed by atoms with van der Waals surface area (Å²) in [6, 6.07) is 14.6. The summed E-state index contributed by atoms with van der Waals surface area (Å²) in [5.74, 6) is -0.604. The van der Waals surface area contributed by atoms with Crippen LogP contribution in [0.3, 0.4) is 0 Å². The number of rotatable bonds is 4. The van der Waals surface area contributed by atoms with Crippen LogP contribution in [0.15, 0.2) is 53.7 Å². The van der Waals surface area contributed by atoms with Crippen molar-refractivity contribution in [1.82, 2.24) is 0 Å². The molecule has 0 aliphatic carbocycles. The minimum Gasteiger partial charge on any atom is -0.426 e. The Balaban J connectivity index is 2.59. The molecule has 0 fully saturated rings. The maximum atomic E-state index is 11.3. The second-order valence-corrected chi connectivity index (χ2v) is 4.98. The average molecular weight is 311 g/mol. The van der Waals surface area contributed by atoms with E-state index in [-0.39, 0.29) is 0 Å². The Bertz CT molecular complexity index is 751. The number of oxime groups is 1. The first-order valence-electron chi connectivity index (χ1n) is 7.08. The van der Waals surface area contributed by atoms with Gasteiger partial charge in [-0.3, -0.25) is 4.79 Å². The second kappa shape index (κ2) is 7.35. The van der Waals surface area contributed by atoms with Crippen LogP contribution in [0.2, 0.25) is 0 Å². The lowest BCUT2D eigenvalue weighted by atomic mass is 10.00. The maximum absolute atomic E-state index is 11.3. The van der Waals surface area contributed by atoms with Gasteiger partial charge in [0.25, 0.3) is 0 Å². The molecule has 0 heterocycles. The van der Waals surface area contributed by atoms with Gasteiger partial charge in [-0.05, 0) is 19.1 Å². The Kier molecular flexibility index (Phi) is 5.25. The molecule has 0 amide bonds. The normalized spacial score (nSPS) is 11.0. The van der Waals surface area contributed by atoms with Crippen LogP contribution in [-0.4, -0.2) is 17.7 Å². The number of nitrogens with zero attached hydrogens (tertiary/aromatic N) is 1. The van der Waals surface area contributed by atoms with Gasteiger partial charge in [-0.25, -0.2) is 4.79 Å². The predicted octanol–water partition coefficient (Wildman–Crippen LogP) is 3.24. The van der Waals surface area contributed by atoms with Crippen LogP contribution in [0.25, 0.3) is 0 Å². The van der Waals surface area contributed by atoms with Crippen LogP contribution >= 0.6 is 0 Å². The molecule has 2 rings (SSSR count). The van der Waals surface area contributed by atoms with Crippen molar-refractivity contribution in [3.8, 4) is 5.75 Å². The van der Waals surface area contributed by atoms with Crippen molar-refractivity contribution < 1.29 is 19.2 Å². The number of carbonyl (C=O) groups is 2. The topological polar surface area (TPSA) is 65.0 Å². The first kappa shape index (κ1) is 16.4. The minimum atomic E-state index is -0.528. The fourth-order valence-corrected chi connectivity index (χ4v) is 2.04. The lowest BCUT2D eigenvalue weighted by Gasteiger charge is -2.12. The highest BCUT2D eigenvalue weighted by atomic mass is 16.7. The van der Waals surface area contributed by atoms with E-state index >= 15 is 0 Å². The van der Waals surface area contributed by atoms with E-state index in [9.17, 15) is 9.59 Å². The number of carbonyl (C=O) groups excluding carboxylic acids is 2. The monoisotopic (exact) mass is 311 g/mol. The van der Waals surface area contributed by atoms with Crippen molar-refractivity contribution in [3.63, 3.8) is 0 Å². The number of benzene rings is 2. The Hall–Kier alpha value is -2.95. The summed E-state index contributed by atoms with van der Waals surface area (Å²) in [5.41, 5.74) is 2.70. The van der Waals surface area contributed by atoms with Gasteiger partial charge in [0.1, 0.15) is 11.5 Å². The van der Waals surface area contributed by atoms with Crippen molar-refractivity contribution in [1.29, 1.82) is 0 Å². The molecule has 5 heteroatoms. The van der Waals surface area contributed by atoms with Crippen molar-refractivity contribution >= 4 is 17.7 Å². The van der Waals surface area contributed by atoms with E-state index in [0.29, 0.717) is 17.0 Å². The molecule has 0 N–H and O–H groups in total. The second-order valence-electron chi connectivity index (χ2n) is 4.98. The third-order valence-corrected chi connectivity index (χ3v) is 2.96. The van der Waals surface area contributed by atoms with E-state index < -0.39 is 11.9 Å². The zero-order valence-electron chi connectivity index (χ0n) is 13.2. The van der Waals surface area contributed by atoms with Crippen LogP contribution in [0.4, 0.5) is 0 Å². The van der Waals surface area contributed by atoms with E-state index in [4.69, 9.17) is 9.57 Å². The van der Waals surface area contributed by atoms with E-state index in [0.717, 1.165) is 11.1 Å². The van der Waals surface area contributed by atoms with Crippen molar-refractivity contribution in [2.24, 2.45) is 5.16 Å². The summed E-state index contributed by atoms with van der Waals surface area (Å²) in [7, 11) is 0. The molecule has 23 heavy (non-hydrogen) atoms. The molecule has 0 saturated carbocycles. The highest BCUT2D eigenvalue weighted by molar-refractivity contribution is 6.14. The van der Waals surface area contributed by atoms with E-state index in [1.807, 2.05) is 49.4 Å². The van der Waals surface area contributed by atoms with Crippen molar-refractivity contribution in [3.05, 3.63) is 65.2 Å². The third-order valence-electron chi connectivity index (χ3n) is 2.96. The van der Waals surface area contributed by atoms with Crippen LogP contribution in [-0.2, 0) is 14.4 Å². The first-order chi connectivity index (χ1) is 11.0. The first-order valence-corrected chi connectivity index (χ1v) is 7.08. The molecule has 2 aromatic carbocycles. The molecule has 5 nitrogen and oxygen atoms in total. The average Bonchev–Trinajstić information content (AvgIpc) is 2.50. The van der Waals surface area contributed by atoms with Crippen LogP contribution in [0.5, 0.6) is 5.75 Å². The lowest BCUT2D eigenvalue weighted by Crippen LogP contribution is -2.11. The smallest absolute Gasteiger partial charge is 0.332 e. The number of esters is 1. The van der Waals surface area contributed by atoms with Gasteiger partial charge in [-0.2, -0.15) is 0 Å². The Labute approximate surface area is 134 Å². The Morgan fingerprint density at radius 1 is 0.957 bits per heavy atom. The van der Waals surface area contributed by atoms with Gasteiger partial charge in [0.2, 0.25) is 0 Å². The summed E-state index contributed by atoms with van der Waals surface area (Å²) < 4.78 is 5.25. The van der Waals surface area contributed by atoms with Gasteiger partial charge in [-0.1, -0.05) is 47.1 Å². The molecular formula is C18H17NO4. The van der Waals surface area contributed by atoms with Crippen LogP contribution in [0.1, 0.15) is 30.5 Å². The SMILES string of the molecule is CC(=O)ON=C(c1ccccc1)c1cc(C)ccc1OC(C)=O. The molecule has 0 radical (unpaired) electrons. The lowest BCUT2D eigenvalue weighted by molar-refractivity contribution is -0.141. The van der Waals surface area contributed by atoms with Gasteiger partial charge >= 0.3 is 11.9 Å². The summed E-state index contributed by atoms with van der Waals surface area (Å²) in [6.07, 6.45) is 0. The number of hydrogen-bond acceptors (Lipinski definition) is 5. The van der Waals surface area contributed by atoms with Crippen molar-refractivity contribution in [2.45, 2.75) is 20.8 Å². The minimum absolute atomic E-state index is 0.359. The fourth-order valence-electron chi connectivity index (χ4n) is 2.04. The maximum Gasteiger partial charge on any atom is 0.332 e. The highest BCUT2D eigenvalue weighted by Gasteiger charge is 2.16. The van der Waals surface area contributed by atoms with Gasteiger partial charge in [-0.15, -0.1) is 0 Å². The Morgan fingerprint density at radius 3 is 2.26 bits per heavy atom. The Morgan fingerprint density at radius 2 is 1.65 bits per heavy atom. The fraction of sp³-hybridized carbons (Fsp3) is 0.167. The largest absolute Gasteiger partial charge is 0.426 e. The summed E-state index contributed by atoms with van der Waals surface area (Å²) >= 11 is 0. The number of aryl methyl sites for hydroxylation is 1. The van der Waals surface area contributed by atoms with Crippen LogP contribution in [0, 0.1) is 6.92 Å². The van der Waals surface area contributed by atoms with Gasteiger partial charge < -0.3 is 9.57 Å². The van der Waals surface area contributed by atoms with Crippen LogP contribution < -0.4 is 4.74 Å². The molecular weight excluding hydrogens is 294 g/mol. The standard InChI is InChI=1S/C18H17NO4/c1-12-9-10-17(22-13(2)20)16(11-12)18(19-23-14(3)21)15-7-5-4-6-8-15/h4-11H,1-3H3. The van der Waals surface area contributed by atoms with E-state index in [1.54, 1.807) is 6.07 Å². The molecule has 118 valence electrons. The summed E-state index contributed by atoms with van der Waals surface area (Å²) in [6.45, 7) is 4.51. The highest BCUT2D eigenvalue weighted by Crippen LogP contribution is 2.24. The quantitative estimate of drug-likeness (QED) is 0.286. The zero-order valence-corrected chi connectivity index (χ0v) is 13.2. The molecule has 0 saturated heterocycles. The zero-order chi connectivity index (χ0) is 16.8. The van der Waals surface area contributed by atoms with Crippen molar-refractivity contribution in [2.75, 3.05) is 0 Å². The van der Waals surface area contributed by atoms with Gasteiger partial charge in [0.15, 0.2) is 0 Å². The molecule has 0 unspecified atom stereocenters. The third kappa shape index (κ3) is 4.51. The number of ether oxygens (including phenoxy) is 1. The molecule has 0 atom stereocenters.